The van der Waals surface area contributed by atoms with E-state index in [9.17, 15) is 22.9 Å². The molecule has 3 rings (SSSR count). The summed E-state index contributed by atoms with van der Waals surface area (Å²) in [6, 6.07) is 8.95. The van der Waals surface area contributed by atoms with E-state index in [1.807, 2.05) is 0 Å². The van der Waals surface area contributed by atoms with Gasteiger partial charge < -0.3 is 14.5 Å². The highest BCUT2D eigenvalue weighted by Gasteiger charge is 2.24. The first-order valence-electron chi connectivity index (χ1n) is 11.6. The van der Waals surface area contributed by atoms with Crippen LogP contribution in [0.15, 0.2) is 48.7 Å². The summed E-state index contributed by atoms with van der Waals surface area (Å²) in [4.78, 5) is 46.8. The van der Waals surface area contributed by atoms with Gasteiger partial charge in [0.1, 0.15) is 24.1 Å². The number of phosphoric acid groups is 1. The maximum Gasteiger partial charge on any atom is 0.469 e. The van der Waals surface area contributed by atoms with Crippen molar-refractivity contribution in [3.8, 4) is 0 Å². The second kappa shape index (κ2) is 13.7. The van der Waals surface area contributed by atoms with Crippen LogP contribution in [0.25, 0.3) is 10.8 Å². The van der Waals surface area contributed by atoms with Crippen LogP contribution in [-0.2, 0) is 25.2 Å². The minimum absolute atomic E-state index is 0.0462. The van der Waals surface area contributed by atoms with Crippen LogP contribution in [0.1, 0.15) is 25.3 Å². The van der Waals surface area contributed by atoms with Crippen molar-refractivity contribution in [3.63, 3.8) is 0 Å². The number of nitrogens with zero attached hydrogens (tertiary/aromatic N) is 2. The number of halogens is 3. The summed E-state index contributed by atoms with van der Waals surface area (Å²) in [6.07, 6.45) is 0.730. The Morgan fingerprint density at radius 3 is 2.67 bits per heavy atom. The van der Waals surface area contributed by atoms with E-state index in [4.69, 9.17) is 26.1 Å². The molecular formula is C24H26ClF2N4O7P. The number of pyridine rings is 1. The topological polar surface area (TPSA) is 150 Å². The molecule has 210 valence electrons. The van der Waals surface area contributed by atoms with E-state index >= 15 is 0 Å². The van der Waals surface area contributed by atoms with Crippen LogP contribution in [0.5, 0.6) is 0 Å². The van der Waals surface area contributed by atoms with E-state index in [1.54, 1.807) is 12.1 Å². The number of carbonyl (C=O) groups is 2. The Bertz CT molecular complexity index is 1380. The third kappa shape index (κ3) is 9.50. The highest BCUT2D eigenvalue weighted by Crippen LogP contribution is 2.35. The number of rotatable bonds is 12. The SMILES string of the molecule is CC(=O)N(NCc1cccc(F)c1Cl)[C@@H](CCCOP(=O)(O)O)COC(=O)Nc1cc2cc(F)ccc2cn1. The molecule has 0 spiro atoms. The highest BCUT2D eigenvalue weighted by molar-refractivity contribution is 7.46. The van der Waals surface area contributed by atoms with Crippen LogP contribution in [-0.4, -0.2) is 51.0 Å². The first-order valence-corrected chi connectivity index (χ1v) is 13.5. The molecule has 1 aromatic heterocycles. The van der Waals surface area contributed by atoms with E-state index < -0.39 is 37.5 Å². The predicted molar refractivity (Wildman–Crippen MR) is 138 cm³/mol. The summed E-state index contributed by atoms with van der Waals surface area (Å²) in [7, 11) is -4.69. The molecule has 0 saturated heterocycles. The van der Waals surface area contributed by atoms with E-state index in [0.717, 1.165) is 5.01 Å². The normalized spacial score (nSPS) is 12.3. The number of phosphoric ester groups is 1. The zero-order valence-electron chi connectivity index (χ0n) is 20.6. The largest absolute Gasteiger partial charge is 0.469 e. The summed E-state index contributed by atoms with van der Waals surface area (Å²) in [5, 5.41) is 4.63. The lowest BCUT2D eigenvalue weighted by Gasteiger charge is -2.31. The number of hydrogen-bond donors (Lipinski definition) is 4. The van der Waals surface area contributed by atoms with Gasteiger partial charge in [0.15, 0.2) is 0 Å². The number of amides is 2. The van der Waals surface area contributed by atoms with Crippen molar-refractivity contribution in [2.45, 2.75) is 32.4 Å². The molecule has 11 nitrogen and oxygen atoms in total. The molecule has 15 heteroatoms. The average Bonchev–Trinajstić information content (AvgIpc) is 2.86. The van der Waals surface area contributed by atoms with Gasteiger partial charge in [0.25, 0.3) is 0 Å². The van der Waals surface area contributed by atoms with Crippen molar-refractivity contribution >= 4 is 48.0 Å². The van der Waals surface area contributed by atoms with E-state index in [1.165, 1.54) is 43.5 Å². The molecule has 0 unspecified atom stereocenters. The smallest absolute Gasteiger partial charge is 0.447 e. The Morgan fingerprint density at radius 2 is 1.95 bits per heavy atom. The standard InChI is InChI=1S/C24H26ClF2N4O7P/c1-15(32)31(29-13-17-4-2-6-21(27)23(17)25)20(5-3-9-38-39(34,35)36)14-37-24(33)30-22-11-18-10-19(26)8-7-16(18)12-28-22/h2,4,6-8,10-12,20,29H,3,5,9,13-14H2,1H3,(H,28,30,33)(H2,34,35,36)/t20-/m0/s1. The number of benzene rings is 2. The summed E-state index contributed by atoms with van der Waals surface area (Å²) < 4.78 is 48.1. The van der Waals surface area contributed by atoms with Gasteiger partial charge in [0.2, 0.25) is 5.91 Å². The minimum atomic E-state index is -4.69. The van der Waals surface area contributed by atoms with Crippen LogP contribution < -0.4 is 10.7 Å². The fraction of sp³-hybridized carbons (Fsp3) is 0.292. The minimum Gasteiger partial charge on any atom is -0.447 e. The van der Waals surface area contributed by atoms with Crippen LogP contribution in [0.2, 0.25) is 5.02 Å². The number of hydrogen-bond acceptors (Lipinski definition) is 7. The van der Waals surface area contributed by atoms with Crippen LogP contribution in [0, 0.1) is 11.6 Å². The zero-order valence-corrected chi connectivity index (χ0v) is 22.3. The van der Waals surface area contributed by atoms with Gasteiger partial charge in [-0.15, -0.1) is 0 Å². The molecule has 2 amide bonds. The zero-order chi connectivity index (χ0) is 28.6. The Hall–Kier alpha value is -3.19. The Morgan fingerprint density at radius 1 is 1.18 bits per heavy atom. The first-order chi connectivity index (χ1) is 18.4. The lowest BCUT2D eigenvalue weighted by molar-refractivity contribution is -0.136. The average molecular weight is 587 g/mol. The summed E-state index contributed by atoms with van der Waals surface area (Å²) in [6.45, 7) is 0.534. The van der Waals surface area contributed by atoms with Crippen LogP contribution in [0.3, 0.4) is 0 Å². The van der Waals surface area contributed by atoms with Crippen molar-refractivity contribution in [2.24, 2.45) is 0 Å². The van der Waals surface area contributed by atoms with Gasteiger partial charge in [-0.2, -0.15) is 0 Å². The molecule has 4 N–H and O–H groups in total. The molecule has 0 bridgehead atoms. The molecule has 0 aliphatic carbocycles. The van der Waals surface area contributed by atoms with Crippen LogP contribution in [0.4, 0.5) is 19.4 Å². The van der Waals surface area contributed by atoms with Gasteiger partial charge in [-0.3, -0.25) is 19.6 Å². The molecule has 3 aromatic rings. The first kappa shape index (κ1) is 30.4. The Kier molecular flexibility index (Phi) is 10.7. The fourth-order valence-corrected chi connectivity index (χ4v) is 4.19. The third-order valence-electron chi connectivity index (χ3n) is 5.44. The van der Waals surface area contributed by atoms with Crippen LogP contribution >= 0.6 is 19.4 Å². The molecule has 2 aromatic carbocycles. The van der Waals surface area contributed by atoms with Gasteiger partial charge >= 0.3 is 13.9 Å². The molecule has 1 atom stereocenters. The lowest BCUT2D eigenvalue weighted by atomic mass is 10.1. The number of anilines is 1. The van der Waals surface area contributed by atoms with Gasteiger partial charge in [-0.25, -0.2) is 28.6 Å². The quantitative estimate of drug-likeness (QED) is 0.136. The number of nitrogens with one attached hydrogen (secondary N) is 2. The molecule has 1 heterocycles. The van der Waals surface area contributed by atoms with Crippen molar-refractivity contribution in [1.29, 1.82) is 0 Å². The fourth-order valence-electron chi connectivity index (χ4n) is 3.63. The number of carbonyl (C=O) groups excluding carboxylic acids is 2. The number of fused-ring (bicyclic) bond motifs is 1. The molecule has 39 heavy (non-hydrogen) atoms. The monoisotopic (exact) mass is 586 g/mol. The summed E-state index contributed by atoms with van der Waals surface area (Å²) in [5.74, 6) is -1.47. The molecule has 0 aliphatic rings. The third-order valence-corrected chi connectivity index (χ3v) is 6.38. The molecular weight excluding hydrogens is 561 g/mol. The number of ether oxygens (including phenoxy) is 1. The van der Waals surface area contributed by atoms with Gasteiger partial charge in [0, 0.05) is 25.1 Å². The second-order valence-corrected chi connectivity index (χ2v) is 9.96. The van der Waals surface area contributed by atoms with Crippen molar-refractivity contribution in [3.05, 3.63) is 70.9 Å². The van der Waals surface area contributed by atoms with Gasteiger partial charge in [0.05, 0.1) is 17.7 Å². The summed E-state index contributed by atoms with van der Waals surface area (Å²) >= 11 is 5.99. The van der Waals surface area contributed by atoms with Crippen molar-refractivity contribution in [1.82, 2.24) is 15.4 Å². The maximum absolute atomic E-state index is 13.8. The maximum atomic E-state index is 13.8. The van der Waals surface area contributed by atoms with E-state index in [2.05, 4.69) is 20.3 Å². The number of aromatic nitrogens is 1. The van der Waals surface area contributed by atoms with E-state index in [0.29, 0.717) is 16.3 Å². The van der Waals surface area contributed by atoms with E-state index in [-0.39, 0.29) is 43.4 Å². The lowest BCUT2D eigenvalue weighted by Crippen LogP contribution is -2.50. The molecule has 0 fully saturated rings. The van der Waals surface area contributed by atoms with Gasteiger partial charge in [-0.1, -0.05) is 23.7 Å². The van der Waals surface area contributed by atoms with Crippen molar-refractivity contribution < 1.29 is 42.0 Å². The van der Waals surface area contributed by atoms with Gasteiger partial charge in [-0.05, 0) is 54.1 Å². The Balaban J connectivity index is 1.68. The molecule has 0 saturated carbocycles. The summed E-state index contributed by atoms with van der Waals surface area (Å²) in [5.41, 5.74) is 3.20. The molecule has 0 aliphatic heterocycles. The second-order valence-electron chi connectivity index (χ2n) is 8.34. The molecule has 0 radical (unpaired) electrons. The predicted octanol–water partition coefficient (Wildman–Crippen LogP) is 4.53. The number of hydrazine groups is 1. The highest BCUT2D eigenvalue weighted by atomic mass is 35.5. The Labute approximate surface area is 227 Å². The van der Waals surface area contributed by atoms with Crippen molar-refractivity contribution in [2.75, 3.05) is 18.5 Å².